The quantitative estimate of drug-likeness (QED) is 0.559. The number of carbonyl (C=O) groups excluding carboxylic acids is 1. The molecule has 136 valence electrons. The van der Waals surface area contributed by atoms with Crippen molar-refractivity contribution in [3.05, 3.63) is 64.9 Å². The summed E-state index contributed by atoms with van der Waals surface area (Å²) < 4.78 is 7.70. The zero-order valence-electron chi connectivity index (χ0n) is 14.6. The van der Waals surface area contributed by atoms with E-state index >= 15 is 0 Å². The summed E-state index contributed by atoms with van der Waals surface area (Å²) in [4.78, 5) is 16.1. The molecule has 0 saturated heterocycles. The average Bonchev–Trinajstić information content (AvgIpc) is 3.28. The molecule has 0 bridgehead atoms. The zero-order valence-corrected chi connectivity index (χ0v) is 15.3. The Labute approximate surface area is 160 Å². The van der Waals surface area contributed by atoms with Gasteiger partial charge in [-0.1, -0.05) is 29.8 Å². The summed E-state index contributed by atoms with van der Waals surface area (Å²) in [5.74, 6) is 0.688. The van der Waals surface area contributed by atoms with Gasteiger partial charge in [-0.3, -0.25) is 4.79 Å². The van der Waals surface area contributed by atoms with Crippen LogP contribution in [0.25, 0.3) is 21.8 Å². The molecular weight excluding hydrogens is 362 g/mol. The van der Waals surface area contributed by atoms with Gasteiger partial charge in [-0.2, -0.15) is 0 Å². The van der Waals surface area contributed by atoms with Crippen LogP contribution in [0.15, 0.2) is 48.7 Å². The molecule has 27 heavy (non-hydrogen) atoms. The Morgan fingerprint density at radius 3 is 3.04 bits per heavy atom. The highest BCUT2D eigenvalue weighted by atomic mass is 35.5. The molecule has 5 rings (SSSR count). The van der Waals surface area contributed by atoms with Crippen molar-refractivity contribution in [1.29, 1.82) is 0 Å². The molecular formula is C21H18ClN3O2. The maximum Gasteiger partial charge on any atom is 0.267 e. The second kappa shape index (κ2) is 6.35. The Kier molecular flexibility index (Phi) is 3.83. The third kappa shape index (κ3) is 2.66. The number of halogens is 1. The van der Waals surface area contributed by atoms with Gasteiger partial charge < -0.3 is 19.6 Å². The van der Waals surface area contributed by atoms with Gasteiger partial charge in [-0.25, -0.2) is 0 Å². The minimum absolute atomic E-state index is 0.0880. The van der Waals surface area contributed by atoms with E-state index in [0.717, 1.165) is 28.6 Å². The fourth-order valence-electron chi connectivity index (χ4n) is 3.84. The minimum atomic E-state index is -0.0880. The molecule has 3 heterocycles. The number of nitrogens with zero attached hydrogens (tertiary/aromatic N) is 1. The van der Waals surface area contributed by atoms with Crippen molar-refractivity contribution < 1.29 is 9.53 Å². The highest BCUT2D eigenvalue weighted by molar-refractivity contribution is 6.36. The van der Waals surface area contributed by atoms with Crippen molar-refractivity contribution in [2.45, 2.75) is 13.0 Å². The Morgan fingerprint density at radius 1 is 1.22 bits per heavy atom. The van der Waals surface area contributed by atoms with Gasteiger partial charge in [-0.15, -0.1) is 0 Å². The van der Waals surface area contributed by atoms with Crippen molar-refractivity contribution >= 4 is 39.3 Å². The number of aromatic nitrogens is 2. The summed E-state index contributed by atoms with van der Waals surface area (Å²) in [5.41, 5.74) is 3.84. The van der Waals surface area contributed by atoms with Crippen LogP contribution in [-0.2, 0) is 13.0 Å². The number of rotatable bonds is 4. The summed E-state index contributed by atoms with van der Waals surface area (Å²) >= 11 is 6.32. The number of fused-ring (bicyclic) bond motifs is 1. The molecule has 0 unspecified atom stereocenters. The van der Waals surface area contributed by atoms with Crippen LogP contribution in [0.4, 0.5) is 0 Å². The molecule has 0 spiro atoms. The number of aromatic amines is 1. The van der Waals surface area contributed by atoms with Crippen molar-refractivity contribution in [2.24, 2.45) is 0 Å². The molecule has 2 N–H and O–H groups in total. The number of benzene rings is 2. The number of carbonyl (C=O) groups is 1. The van der Waals surface area contributed by atoms with Crippen LogP contribution < -0.4 is 10.1 Å². The SMILES string of the molecule is O=C(NCCc1c[nH]c2ccccc12)c1cc2c(Cl)ccc3c2n1CCO3. The van der Waals surface area contributed by atoms with E-state index in [9.17, 15) is 4.79 Å². The van der Waals surface area contributed by atoms with Gasteiger partial charge >= 0.3 is 0 Å². The van der Waals surface area contributed by atoms with E-state index in [1.807, 2.05) is 41.1 Å². The van der Waals surface area contributed by atoms with Gasteiger partial charge in [0.25, 0.3) is 5.91 Å². The number of hydrogen-bond acceptors (Lipinski definition) is 2. The topological polar surface area (TPSA) is 59.0 Å². The normalized spacial score (nSPS) is 13.1. The van der Waals surface area contributed by atoms with Gasteiger partial charge in [0.05, 0.1) is 17.1 Å². The van der Waals surface area contributed by atoms with Crippen LogP contribution in [0, 0.1) is 0 Å². The Bertz CT molecular complexity index is 1180. The van der Waals surface area contributed by atoms with E-state index in [1.165, 1.54) is 10.9 Å². The molecule has 0 saturated carbocycles. The summed E-state index contributed by atoms with van der Waals surface area (Å²) in [5, 5.41) is 5.73. The summed E-state index contributed by atoms with van der Waals surface area (Å²) in [7, 11) is 0. The first-order chi connectivity index (χ1) is 13.2. The largest absolute Gasteiger partial charge is 0.490 e. The monoisotopic (exact) mass is 379 g/mol. The van der Waals surface area contributed by atoms with Crippen molar-refractivity contribution in [3.8, 4) is 5.75 Å². The first kappa shape index (κ1) is 16.3. The number of ether oxygens (including phenoxy) is 1. The van der Waals surface area contributed by atoms with Crippen LogP contribution >= 0.6 is 11.6 Å². The average molecular weight is 380 g/mol. The van der Waals surface area contributed by atoms with Gasteiger partial charge in [0.15, 0.2) is 0 Å². The molecule has 2 aromatic heterocycles. The van der Waals surface area contributed by atoms with E-state index in [4.69, 9.17) is 16.3 Å². The maximum absolute atomic E-state index is 12.8. The van der Waals surface area contributed by atoms with Gasteiger partial charge in [-0.05, 0) is 36.2 Å². The van der Waals surface area contributed by atoms with Gasteiger partial charge in [0, 0.05) is 29.0 Å². The molecule has 6 heteroatoms. The van der Waals surface area contributed by atoms with Crippen molar-refractivity contribution in [2.75, 3.05) is 13.2 Å². The summed E-state index contributed by atoms with van der Waals surface area (Å²) in [6.07, 6.45) is 2.78. The molecule has 1 amide bonds. The lowest BCUT2D eigenvalue weighted by Gasteiger charge is -2.19. The molecule has 0 atom stereocenters. The standard InChI is InChI=1S/C21H18ClN3O2/c22-16-5-6-19-20-15(16)11-18(25(20)9-10-27-19)21(26)23-8-7-13-12-24-17-4-2-1-3-14(13)17/h1-6,11-12,24H,7-10H2,(H,23,26). The number of amides is 1. The second-order valence-corrected chi connectivity index (χ2v) is 7.11. The number of nitrogens with one attached hydrogen (secondary N) is 2. The molecule has 4 aromatic rings. The van der Waals surface area contributed by atoms with Crippen LogP contribution in [0.3, 0.4) is 0 Å². The molecule has 0 radical (unpaired) electrons. The molecule has 0 fully saturated rings. The second-order valence-electron chi connectivity index (χ2n) is 6.70. The number of H-pyrrole nitrogens is 1. The van der Waals surface area contributed by atoms with Crippen LogP contribution in [0.5, 0.6) is 5.75 Å². The number of para-hydroxylation sites is 1. The third-order valence-corrected chi connectivity index (χ3v) is 5.46. The summed E-state index contributed by atoms with van der Waals surface area (Å²) in [6.45, 7) is 1.76. The zero-order chi connectivity index (χ0) is 18.4. The maximum atomic E-state index is 12.8. The fraction of sp³-hybridized carbons (Fsp3) is 0.190. The smallest absolute Gasteiger partial charge is 0.267 e. The molecule has 2 aromatic carbocycles. The lowest BCUT2D eigenvalue weighted by atomic mass is 10.1. The van der Waals surface area contributed by atoms with Gasteiger partial charge in [0.1, 0.15) is 18.1 Å². The fourth-order valence-corrected chi connectivity index (χ4v) is 4.04. The first-order valence-electron chi connectivity index (χ1n) is 9.00. The minimum Gasteiger partial charge on any atom is -0.490 e. The Hall–Kier alpha value is -2.92. The third-order valence-electron chi connectivity index (χ3n) is 5.13. The molecule has 0 aliphatic carbocycles. The van der Waals surface area contributed by atoms with Crippen LogP contribution in [-0.4, -0.2) is 28.6 Å². The Balaban J connectivity index is 1.37. The first-order valence-corrected chi connectivity index (χ1v) is 9.38. The highest BCUT2D eigenvalue weighted by Crippen LogP contribution is 2.36. The molecule has 1 aliphatic rings. The van der Waals surface area contributed by atoms with E-state index in [-0.39, 0.29) is 5.91 Å². The van der Waals surface area contributed by atoms with E-state index in [1.54, 1.807) is 0 Å². The molecule has 5 nitrogen and oxygen atoms in total. The predicted molar refractivity (Wildman–Crippen MR) is 107 cm³/mol. The van der Waals surface area contributed by atoms with E-state index in [0.29, 0.717) is 30.4 Å². The van der Waals surface area contributed by atoms with Crippen LogP contribution in [0.1, 0.15) is 16.1 Å². The predicted octanol–water partition coefficient (Wildman–Crippen LogP) is 4.14. The lowest BCUT2D eigenvalue weighted by molar-refractivity contribution is 0.0943. The van der Waals surface area contributed by atoms with Crippen molar-refractivity contribution in [1.82, 2.24) is 14.9 Å². The van der Waals surface area contributed by atoms with E-state index in [2.05, 4.69) is 22.4 Å². The highest BCUT2D eigenvalue weighted by Gasteiger charge is 2.22. The van der Waals surface area contributed by atoms with E-state index < -0.39 is 0 Å². The van der Waals surface area contributed by atoms with Gasteiger partial charge in [0.2, 0.25) is 0 Å². The summed E-state index contributed by atoms with van der Waals surface area (Å²) in [6, 6.07) is 13.7. The Morgan fingerprint density at radius 2 is 2.11 bits per heavy atom. The molecule has 1 aliphatic heterocycles. The van der Waals surface area contributed by atoms with Crippen molar-refractivity contribution in [3.63, 3.8) is 0 Å². The van der Waals surface area contributed by atoms with Crippen LogP contribution in [0.2, 0.25) is 5.02 Å². The lowest BCUT2D eigenvalue weighted by Crippen LogP contribution is -2.29. The number of hydrogen-bond donors (Lipinski definition) is 2.